The van der Waals surface area contributed by atoms with Crippen LogP contribution in [-0.4, -0.2) is 24.3 Å². The van der Waals surface area contributed by atoms with E-state index < -0.39 is 0 Å². The standard InChI is InChI=1S/C15H23NO3.ClH/c1-4-19-15(18)14(10(2)3)12-7-5-11(6-8-12)13(16)9-17;/h5-8,10,13-14,17H,4,9,16H2,1-3H3;1H/t13-,14?;/m1./s1. The van der Waals surface area contributed by atoms with E-state index in [2.05, 4.69) is 0 Å². The maximum absolute atomic E-state index is 12.0. The Morgan fingerprint density at radius 3 is 2.15 bits per heavy atom. The first-order valence-electron chi connectivity index (χ1n) is 6.64. The Labute approximate surface area is 126 Å². The maximum atomic E-state index is 12.0. The summed E-state index contributed by atoms with van der Waals surface area (Å²) in [6.07, 6.45) is 0. The third-order valence-electron chi connectivity index (χ3n) is 3.13. The molecule has 4 nitrogen and oxygen atoms in total. The van der Waals surface area contributed by atoms with Crippen molar-refractivity contribution in [2.75, 3.05) is 13.2 Å². The van der Waals surface area contributed by atoms with E-state index in [1.807, 2.05) is 38.1 Å². The zero-order valence-corrected chi connectivity index (χ0v) is 13.0. The van der Waals surface area contributed by atoms with E-state index in [-0.39, 0.29) is 42.9 Å². The molecule has 0 radical (unpaired) electrons. The lowest BCUT2D eigenvalue weighted by atomic mass is 9.87. The largest absolute Gasteiger partial charge is 0.466 e. The fourth-order valence-electron chi connectivity index (χ4n) is 2.08. The van der Waals surface area contributed by atoms with Gasteiger partial charge in [-0.2, -0.15) is 0 Å². The maximum Gasteiger partial charge on any atom is 0.313 e. The van der Waals surface area contributed by atoms with E-state index in [1.165, 1.54) is 0 Å². The second kappa shape index (κ2) is 8.95. The molecule has 0 amide bonds. The molecule has 20 heavy (non-hydrogen) atoms. The number of rotatable bonds is 6. The molecule has 1 unspecified atom stereocenters. The van der Waals surface area contributed by atoms with Crippen LogP contribution in [-0.2, 0) is 9.53 Å². The quantitative estimate of drug-likeness (QED) is 0.791. The summed E-state index contributed by atoms with van der Waals surface area (Å²) in [4.78, 5) is 12.0. The Bertz CT molecular complexity index is 406. The first-order valence-corrected chi connectivity index (χ1v) is 6.64. The highest BCUT2D eigenvalue weighted by Crippen LogP contribution is 2.27. The van der Waals surface area contributed by atoms with Crippen LogP contribution in [0.25, 0.3) is 0 Å². The molecule has 0 bridgehead atoms. The van der Waals surface area contributed by atoms with Gasteiger partial charge in [-0.1, -0.05) is 38.1 Å². The number of aliphatic hydroxyl groups is 1. The lowest BCUT2D eigenvalue weighted by molar-refractivity contribution is -0.146. The average Bonchev–Trinajstić information content (AvgIpc) is 2.38. The van der Waals surface area contributed by atoms with Gasteiger partial charge in [-0.05, 0) is 24.0 Å². The van der Waals surface area contributed by atoms with Crippen molar-refractivity contribution in [3.63, 3.8) is 0 Å². The monoisotopic (exact) mass is 301 g/mol. The molecule has 0 aliphatic rings. The van der Waals surface area contributed by atoms with Gasteiger partial charge < -0.3 is 15.6 Å². The van der Waals surface area contributed by atoms with E-state index in [1.54, 1.807) is 6.92 Å². The van der Waals surface area contributed by atoms with Crippen LogP contribution in [0.5, 0.6) is 0 Å². The molecule has 1 aromatic carbocycles. The molecule has 3 N–H and O–H groups in total. The molecule has 0 aromatic heterocycles. The smallest absolute Gasteiger partial charge is 0.313 e. The van der Waals surface area contributed by atoms with Gasteiger partial charge in [-0.25, -0.2) is 0 Å². The highest BCUT2D eigenvalue weighted by molar-refractivity contribution is 5.85. The first kappa shape index (κ1) is 18.9. The summed E-state index contributed by atoms with van der Waals surface area (Å²) in [6, 6.07) is 7.09. The lowest BCUT2D eigenvalue weighted by Crippen LogP contribution is -2.21. The number of ether oxygens (including phenoxy) is 1. The number of nitrogens with two attached hydrogens (primary N) is 1. The minimum absolute atomic E-state index is 0. The van der Waals surface area contributed by atoms with Gasteiger partial charge in [-0.3, -0.25) is 4.79 Å². The number of hydrogen-bond acceptors (Lipinski definition) is 4. The predicted octanol–water partition coefficient (Wildman–Crippen LogP) is 2.40. The molecule has 0 spiro atoms. The average molecular weight is 302 g/mol. The highest BCUT2D eigenvalue weighted by atomic mass is 35.5. The number of hydrogen-bond donors (Lipinski definition) is 2. The zero-order valence-electron chi connectivity index (χ0n) is 12.2. The van der Waals surface area contributed by atoms with Crippen molar-refractivity contribution in [2.45, 2.75) is 32.7 Å². The van der Waals surface area contributed by atoms with Gasteiger partial charge in [0.1, 0.15) is 0 Å². The van der Waals surface area contributed by atoms with Crippen molar-refractivity contribution in [3.8, 4) is 0 Å². The normalized spacial score (nSPS) is 13.5. The van der Waals surface area contributed by atoms with Crippen molar-refractivity contribution < 1.29 is 14.6 Å². The second-order valence-electron chi connectivity index (χ2n) is 4.93. The Morgan fingerprint density at radius 1 is 1.25 bits per heavy atom. The Kier molecular flexibility index (Phi) is 8.46. The summed E-state index contributed by atoms with van der Waals surface area (Å²) in [5.41, 5.74) is 7.52. The Hall–Kier alpha value is -1.10. The summed E-state index contributed by atoms with van der Waals surface area (Å²) >= 11 is 0. The third-order valence-corrected chi connectivity index (χ3v) is 3.13. The summed E-state index contributed by atoms with van der Waals surface area (Å²) < 4.78 is 5.11. The van der Waals surface area contributed by atoms with E-state index in [0.29, 0.717) is 6.61 Å². The molecule has 1 rings (SSSR count). The van der Waals surface area contributed by atoms with E-state index in [9.17, 15) is 4.79 Å². The van der Waals surface area contributed by atoms with Crippen LogP contribution in [0.1, 0.15) is 43.9 Å². The highest BCUT2D eigenvalue weighted by Gasteiger charge is 2.25. The van der Waals surface area contributed by atoms with Crippen LogP contribution < -0.4 is 5.73 Å². The fourth-order valence-corrected chi connectivity index (χ4v) is 2.08. The molecular weight excluding hydrogens is 278 g/mol. The van der Waals surface area contributed by atoms with Crippen LogP contribution in [0.2, 0.25) is 0 Å². The number of esters is 1. The molecule has 0 saturated carbocycles. The van der Waals surface area contributed by atoms with Crippen LogP contribution in [0.4, 0.5) is 0 Å². The molecule has 0 aliphatic carbocycles. The lowest BCUT2D eigenvalue weighted by Gasteiger charge is -2.20. The Morgan fingerprint density at radius 2 is 1.75 bits per heavy atom. The number of carbonyl (C=O) groups is 1. The van der Waals surface area contributed by atoms with Gasteiger partial charge in [-0.15, -0.1) is 12.4 Å². The molecule has 2 atom stereocenters. The van der Waals surface area contributed by atoms with Crippen molar-refractivity contribution in [3.05, 3.63) is 35.4 Å². The topological polar surface area (TPSA) is 72.5 Å². The Balaban J connectivity index is 0.00000361. The van der Waals surface area contributed by atoms with Crippen molar-refractivity contribution in [1.82, 2.24) is 0 Å². The van der Waals surface area contributed by atoms with E-state index in [4.69, 9.17) is 15.6 Å². The molecule has 114 valence electrons. The van der Waals surface area contributed by atoms with Crippen molar-refractivity contribution in [2.24, 2.45) is 11.7 Å². The van der Waals surface area contributed by atoms with Crippen LogP contribution in [0, 0.1) is 5.92 Å². The second-order valence-corrected chi connectivity index (χ2v) is 4.93. The summed E-state index contributed by atoms with van der Waals surface area (Å²) in [6.45, 7) is 6.09. The van der Waals surface area contributed by atoms with Gasteiger partial charge in [0.15, 0.2) is 0 Å². The van der Waals surface area contributed by atoms with Gasteiger partial charge in [0.25, 0.3) is 0 Å². The predicted molar refractivity (Wildman–Crippen MR) is 81.9 cm³/mol. The first-order chi connectivity index (χ1) is 9.01. The fraction of sp³-hybridized carbons (Fsp3) is 0.533. The summed E-state index contributed by atoms with van der Waals surface area (Å²) in [5.74, 6) is -0.299. The minimum atomic E-state index is -0.380. The molecule has 1 aromatic rings. The molecule has 0 aliphatic heterocycles. The molecule has 0 heterocycles. The van der Waals surface area contributed by atoms with E-state index in [0.717, 1.165) is 11.1 Å². The van der Waals surface area contributed by atoms with Crippen molar-refractivity contribution >= 4 is 18.4 Å². The SMILES string of the molecule is CCOC(=O)C(c1ccc([C@H](N)CO)cc1)C(C)C.Cl. The van der Waals surface area contributed by atoms with Crippen LogP contribution in [0.15, 0.2) is 24.3 Å². The van der Waals surface area contributed by atoms with E-state index >= 15 is 0 Å². The molecular formula is C15H24ClNO3. The van der Waals surface area contributed by atoms with Gasteiger partial charge in [0, 0.05) is 0 Å². The van der Waals surface area contributed by atoms with Crippen molar-refractivity contribution in [1.29, 1.82) is 0 Å². The summed E-state index contributed by atoms with van der Waals surface area (Å²) in [7, 11) is 0. The van der Waals surface area contributed by atoms with Gasteiger partial charge in [0.2, 0.25) is 0 Å². The summed E-state index contributed by atoms with van der Waals surface area (Å²) in [5, 5.41) is 9.01. The van der Waals surface area contributed by atoms with Crippen LogP contribution in [0.3, 0.4) is 0 Å². The number of benzene rings is 1. The number of carbonyl (C=O) groups excluding carboxylic acids is 1. The zero-order chi connectivity index (χ0) is 14.4. The van der Waals surface area contributed by atoms with Gasteiger partial charge >= 0.3 is 5.97 Å². The molecule has 0 saturated heterocycles. The van der Waals surface area contributed by atoms with Crippen LogP contribution >= 0.6 is 12.4 Å². The van der Waals surface area contributed by atoms with Gasteiger partial charge in [0.05, 0.1) is 25.2 Å². The minimum Gasteiger partial charge on any atom is -0.466 e. The number of aliphatic hydroxyl groups excluding tert-OH is 1. The third kappa shape index (κ3) is 4.78. The number of halogens is 1. The molecule has 0 fully saturated rings. The molecule has 5 heteroatoms.